The van der Waals surface area contributed by atoms with Crippen LogP contribution >= 0.6 is 15.9 Å². The second-order valence-corrected chi connectivity index (χ2v) is 13.7. The number of hydrogen-bond donors (Lipinski definition) is 0. The zero-order valence-corrected chi connectivity index (χ0v) is 18.9. The third kappa shape index (κ3) is 4.02. The molecule has 0 saturated heterocycles. The lowest BCUT2D eigenvalue weighted by Crippen LogP contribution is -2.42. The molecule has 1 atom stereocenters. The fourth-order valence-corrected chi connectivity index (χ4v) is 3.89. The summed E-state index contributed by atoms with van der Waals surface area (Å²) in [5.41, 5.74) is 0.377. The van der Waals surface area contributed by atoms with Gasteiger partial charge in [0.15, 0.2) is 19.8 Å². The molecule has 144 valence electrons. The molecule has 2 rings (SSSR count). The van der Waals surface area contributed by atoms with Crippen molar-refractivity contribution < 1.29 is 18.3 Å². The molecular formula is C18H26BrFN2O3Si. The van der Waals surface area contributed by atoms with Gasteiger partial charge in [-0.3, -0.25) is 4.68 Å². The first-order chi connectivity index (χ1) is 11.9. The van der Waals surface area contributed by atoms with E-state index in [1.165, 1.54) is 17.9 Å². The van der Waals surface area contributed by atoms with Gasteiger partial charge in [0, 0.05) is 9.86 Å². The van der Waals surface area contributed by atoms with Crippen molar-refractivity contribution in [3.05, 3.63) is 28.1 Å². The summed E-state index contributed by atoms with van der Waals surface area (Å²) in [7, 11) is -0.649. The minimum Gasteiger partial charge on any atom is -0.464 e. The van der Waals surface area contributed by atoms with E-state index in [-0.39, 0.29) is 22.3 Å². The molecule has 0 aliphatic carbocycles. The Balaban J connectivity index is 2.45. The molecule has 2 aromatic rings. The SMILES string of the molecule is COC(=O)c1c2cc(Br)cc(F)c2nn1[C@@H](C)CO[Si](C)(C)C(C)(C)C. The predicted molar refractivity (Wildman–Crippen MR) is 107 cm³/mol. The maximum Gasteiger partial charge on any atom is 0.356 e. The highest BCUT2D eigenvalue weighted by Gasteiger charge is 2.37. The van der Waals surface area contributed by atoms with Crippen molar-refractivity contribution in [1.82, 2.24) is 9.78 Å². The Hall–Kier alpha value is -1.25. The second-order valence-electron chi connectivity index (χ2n) is 7.99. The standard InChI is InChI=1S/C18H26BrFN2O3Si/c1-11(10-25-26(6,7)18(2,3)4)22-16(17(23)24-5)13-8-12(19)9-14(20)15(13)21-22/h8-9,11H,10H2,1-7H3/t11-/m0/s1. The minimum absolute atomic E-state index is 0.0731. The van der Waals surface area contributed by atoms with Gasteiger partial charge in [0.25, 0.3) is 0 Å². The summed E-state index contributed by atoms with van der Waals surface area (Å²) in [6.07, 6.45) is 0. The van der Waals surface area contributed by atoms with Crippen molar-refractivity contribution in [2.75, 3.05) is 13.7 Å². The summed E-state index contributed by atoms with van der Waals surface area (Å²) in [4.78, 5) is 12.3. The highest BCUT2D eigenvalue weighted by molar-refractivity contribution is 9.10. The summed E-state index contributed by atoms with van der Waals surface area (Å²) in [5, 5.41) is 4.83. The number of fused-ring (bicyclic) bond motifs is 1. The fraction of sp³-hybridized carbons (Fsp3) is 0.556. The number of ether oxygens (including phenoxy) is 1. The van der Waals surface area contributed by atoms with Gasteiger partial charge in [0.2, 0.25) is 0 Å². The van der Waals surface area contributed by atoms with Gasteiger partial charge in [-0.25, -0.2) is 9.18 Å². The van der Waals surface area contributed by atoms with Crippen molar-refractivity contribution >= 4 is 41.1 Å². The lowest BCUT2D eigenvalue weighted by atomic mass is 10.2. The Morgan fingerprint density at radius 2 is 2.00 bits per heavy atom. The summed E-state index contributed by atoms with van der Waals surface area (Å²) < 4.78 is 27.5. The van der Waals surface area contributed by atoms with Crippen LogP contribution in [0.2, 0.25) is 18.1 Å². The van der Waals surface area contributed by atoms with Crippen molar-refractivity contribution in [1.29, 1.82) is 0 Å². The number of carbonyl (C=O) groups excluding carboxylic acids is 1. The molecule has 0 aliphatic rings. The van der Waals surface area contributed by atoms with Gasteiger partial charge in [-0.05, 0) is 37.2 Å². The fourth-order valence-electron chi connectivity index (χ4n) is 2.36. The number of nitrogens with zero attached hydrogens (tertiary/aromatic N) is 2. The summed E-state index contributed by atoms with van der Waals surface area (Å²) >= 11 is 3.27. The smallest absolute Gasteiger partial charge is 0.356 e. The molecule has 1 aromatic heterocycles. The molecule has 0 radical (unpaired) electrons. The molecule has 0 fully saturated rings. The Kier molecular flexibility index (Phi) is 5.99. The van der Waals surface area contributed by atoms with Crippen molar-refractivity contribution in [3.63, 3.8) is 0 Å². The number of aromatic nitrogens is 2. The molecule has 0 amide bonds. The molecule has 8 heteroatoms. The lowest BCUT2D eigenvalue weighted by molar-refractivity contribution is 0.0583. The Morgan fingerprint density at radius 1 is 1.38 bits per heavy atom. The Bertz CT molecular complexity index is 830. The van der Waals surface area contributed by atoms with Crippen LogP contribution in [0.25, 0.3) is 10.9 Å². The zero-order valence-electron chi connectivity index (χ0n) is 16.3. The second kappa shape index (κ2) is 7.40. The van der Waals surface area contributed by atoms with Crippen LogP contribution in [-0.2, 0) is 9.16 Å². The van der Waals surface area contributed by atoms with E-state index >= 15 is 0 Å². The number of carbonyl (C=O) groups is 1. The molecular weight excluding hydrogens is 419 g/mol. The maximum absolute atomic E-state index is 14.3. The number of halogens is 2. The van der Waals surface area contributed by atoms with Gasteiger partial charge in [-0.1, -0.05) is 36.7 Å². The largest absolute Gasteiger partial charge is 0.464 e. The van der Waals surface area contributed by atoms with E-state index in [1.54, 1.807) is 6.07 Å². The van der Waals surface area contributed by atoms with Crippen LogP contribution in [0, 0.1) is 5.82 Å². The molecule has 26 heavy (non-hydrogen) atoms. The molecule has 0 saturated carbocycles. The third-order valence-electron chi connectivity index (χ3n) is 5.01. The van der Waals surface area contributed by atoms with E-state index < -0.39 is 20.1 Å². The first-order valence-corrected chi connectivity index (χ1v) is 12.2. The molecule has 0 spiro atoms. The molecule has 1 aromatic carbocycles. The van der Waals surface area contributed by atoms with E-state index in [0.29, 0.717) is 16.5 Å². The van der Waals surface area contributed by atoms with Gasteiger partial charge in [-0.2, -0.15) is 5.10 Å². The van der Waals surface area contributed by atoms with E-state index in [2.05, 4.69) is 54.9 Å². The lowest BCUT2D eigenvalue weighted by Gasteiger charge is -2.37. The van der Waals surface area contributed by atoms with E-state index in [1.807, 2.05) is 6.92 Å². The molecule has 0 N–H and O–H groups in total. The van der Waals surface area contributed by atoms with Crippen LogP contribution < -0.4 is 0 Å². The van der Waals surface area contributed by atoms with Crippen LogP contribution in [0.1, 0.15) is 44.2 Å². The van der Waals surface area contributed by atoms with Crippen molar-refractivity contribution in [2.45, 2.75) is 51.9 Å². The monoisotopic (exact) mass is 444 g/mol. The van der Waals surface area contributed by atoms with E-state index in [0.717, 1.165) is 0 Å². The van der Waals surface area contributed by atoms with Crippen LogP contribution in [0.3, 0.4) is 0 Å². The Labute approximate surface area is 163 Å². The number of benzene rings is 1. The highest BCUT2D eigenvalue weighted by atomic mass is 79.9. The number of hydrogen-bond acceptors (Lipinski definition) is 4. The number of methoxy groups -OCH3 is 1. The van der Waals surface area contributed by atoms with E-state index in [4.69, 9.17) is 9.16 Å². The number of rotatable bonds is 5. The van der Waals surface area contributed by atoms with Gasteiger partial charge < -0.3 is 9.16 Å². The van der Waals surface area contributed by atoms with Gasteiger partial charge in [0.1, 0.15) is 5.52 Å². The first-order valence-electron chi connectivity index (χ1n) is 8.48. The minimum atomic E-state index is -1.95. The van der Waals surface area contributed by atoms with Crippen molar-refractivity contribution in [3.8, 4) is 0 Å². The highest BCUT2D eigenvalue weighted by Crippen LogP contribution is 2.37. The average molecular weight is 445 g/mol. The summed E-state index contributed by atoms with van der Waals surface area (Å²) in [6, 6.07) is 2.76. The topological polar surface area (TPSA) is 53.3 Å². The maximum atomic E-state index is 14.3. The van der Waals surface area contributed by atoms with Crippen LogP contribution in [0.15, 0.2) is 16.6 Å². The summed E-state index contributed by atoms with van der Waals surface area (Å²) in [5.74, 6) is -1.04. The molecule has 0 unspecified atom stereocenters. The van der Waals surface area contributed by atoms with E-state index in [9.17, 15) is 9.18 Å². The molecule has 0 bridgehead atoms. The van der Waals surface area contributed by atoms with Crippen LogP contribution in [0.4, 0.5) is 4.39 Å². The predicted octanol–water partition coefficient (Wildman–Crippen LogP) is 5.31. The van der Waals surface area contributed by atoms with Gasteiger partial charge in [0.05, 0.1) is 19.8 Å². The molecule has 1 heterocycles. The van der Waals surface area contributed by atoms with Crippen molar-refractivity contribution in [2.24, 2.45) is 0 Å². The van der Waals surface area contributed by atoms with Gasteiger partial charge in [-0.15, -0.1) is 0 Å². The Morgan fingerprint density at radius 3 is 2.54 bits per heavy atom. The number of esters is 1. The third-order valence-corrected chi connectivity index (χ3v) is 9.97. The first kappa shape index (κ1) is 21.1. The molecule has 5 nitrogen and oxygen atoms in total. The van der Waals surface area contributed by atoms with Crippen LogP contribution in [0.5, 0.6) is 0 Å². The average Bonchev–Trinajstić information content (AvgIpc) is 2.90. The molecule has 0 aliphatic heterocycles. The van der Waals surface area contributed by atoms with Crippen LogP contribution in [-0.4, -0.2) is 37.8 Å². The zero-order chi connectivity index (χ0) is 19.9. The normalized spacial score (nSPS) is 13.9. The summed E-state index contributed by atoms with van der Waals surface area (Å²) in [6.45, 7) is 13.1. The quantitative estimate of drug-likeness (QED) is 0.463. The van der Waals surface area contributed by atoms with Gasteiger partial charge >= 0.3 is 5.97 Å².